The van der Waals surface area contributed by atoms with Crippen molar-refractivity contribution >= 4 is 0 Å². The molecule has 0 aliphatic carbocycles. The van der Waals surface area contributed by atoms with Gasteiger partial charge in [0.15, 0.2) is 0 Å². The Hall–Kier alpha value is -0.460. The lowest BCUT2D eigenvalue weighted by molar-refractivity contribution is -0.0996. The topological polar surface area (TPSA) is 79.2 Å². The summed E-state index contributed by atoms with van der Waals surface area (Å²) in [5.74, 6) is 0. The van der Waals surface area contributed by atoms with E-state index in [2.05, 4.69) is 19.1 Å². The fourth-order valence-electron chi connectivity index (χ4n) is 2.59. The summed E-state index contributed by atoms with van der Waals surface area (Å²) in [5, 5.41) is 28.5. The molecule has 22 heavy (non-hydrogen) atoms. The monoisotopic (exact) mass is 316 g/mol. The number of aliphatic hydroxyl groups is 3. The van der Waals surface area contributed by atoms with Gasteiger partial charge in [-0.2, -0.15) is 0 Å². The molecule has 0 aromatic heterocycles. The average Bonchev–Trinajstić information content (AvgIpc) is 2.85. The predicted octanol–water partition coefficient (Wildman–Crippen LogP) is 1.79. The molecule has 1 rings (SSSR count). The highest BCUT2D eigenvalue weighted by atomic mass is 16.6. The third kappa shape index (κ3) is 7.20. The normalized spacial score (nSPS) is 26.8. The zero-order valence-electron chi connectivity index (χ0n) is 13.7. The van der Waals surface area contributed by atoms with Crippen molar-refractivity contribution in [2.45, 2.75) is 76.3 Å². The summed E-state index contributed by atoms with van der Waals surface area (Å²) in [5.41, 5.74) is 0. The largest absolute Gasteiger partial charge is 0.394 e. The number of allylic oxidation sites excluding steroid dienone is 1. The first-order valence-electron chi connectivity index (χ1n) is 8.55. The van der Waals surface area contributed by atoms with Gasteiger partial charge in [0, 0.05) is 0 Å². The molecule has 0 bridgehead atoms. The molecule has 130 valence electrons. The SMILES string of the molecule is CCCCCCC/C=C/CCO[C@H](CO)[C@H]1OC[C@H](O)[C@H]1O. The molecule has 3 N–H and O–H groups in total. The van der Waals surface area contributed by atoms with E-state index in [1.165, 1.54) is 32.1 Å². The smallest absolute Gasteiger partial charge is 0.114 e. The Morgan fingerprint density at radius 2 is 1.86 bits per heavy atom. The number of ether oxygens (including phenoxy) is 2. The van der Waals surface area contributed by atoms with Gasteiger partial charge in [-0.1, -0.05) is 44.8 Å². The van der Waals surface area contributed by atoms with Gasteiger partial charge >= 0.3 is 0 Å². The van der Waals surface area contributed by atoms with Crippen molar-refractivity contribution in [3.05, 3.63) is 12.2 Å². The second-order valence-electron chi connectivity index (χ2n) is 5.91. The molecular weight excluding hydrogens is 284 g/mol. The molecule has 5 heteroatoms. The number of hydrogen-bond donors (Lipinski definition) is 3. The van der Waals surface area contributed by atoms with Gasteiger partial charge in [-0.25, -0.2) is 0 Å². The van der Waals surface area contributed by atoms with E-state index in [1.54, 1.807) is 0 Å². The lowest BCUT2D eigenvalue weighted by Gasteiger charge is -2.24. The first-order chi connectivity index (χ1) is 10.7. The van der Waals surface area contributed by atoms with Gasteiger partial charge in [0.1, 0.15) is 24.4 Å². The van der Waals surface area contributed by atoms with Crippen LogP contribution in [0.25, 0.3) is 0 Å². The van der Waals surface area contributed by atoms with Gasteiger partial charge in [-0.15, -0.1) is 0 Å². The second kappa shape index (κ2) is 12.0. The molecule has 0 amide bonds. The van der Waals surface area contributed by atoms with E-state index in [0.29, 0.717) is 6.61 Å². The standard InChI is InChI=1S/C17H32O5/c1-2-3-4-5-6-7-8-9-10-11-21-15(12-18)17-16(20)14(19)13-22-17/h8-9,14-20H,2-7,10-13H2,1H3/b9-8+/t14-,15+,16+,17+/m0/s1. The van der Waals surface area contributed by atoms with Gasteiger partial charge in [0.25, 0.3) is 0 Å². The molecule has 0 spiro atoms. The van der Waals surface area contributed by atoms with Crippen molar-refractivity contribution in [2.24, 2.45) is 0 Å². The first-order valence-corrected chi connectivity index (χ1v) is 8.55. The van der Waals surface area contributed by atoms with Crippen LogP contribution in [0.2, 0.25) is 0 Å². The highest BCUT2D eigenvalue weighted by molar-refractivity contribution is 4.89. The summed E-state index contributed by atoms with van der Waals surface area (Å²) in [7, 11) is 0. The number of hydrogen-bond acceptors (Lipinski definition) is 5. The lowest BCUT2D eigenvalue weighted by Crippen LogP contribution is -2.42. The van der Waals surface area contributed by atoms with Crippen LogP contribution in [0.3, 0.4) is 0 Å². The van der Waals surface area contributed by atoms with Crippen molar-refractivity contribution in [3.63, 3.8) is 0 Å². The average molecular weight is 316 g/mol. The van der Waals surface area contributed by atoms with E-state index in [9.17, 15) is 15.3 Å². The molecule has 1 aliphatic rings. The van der Waals surface area contributed by atoms with E-state index < -0.39 is 24.4 Å². The zero-order chi connectivity index (χ0) is 16.2. The Labute approximate surface area is 133 Å². The van der Waals surface area contributed by atoms with Crippen molar-refractivity contribution in [1.82, 2.24) is 0 Å². The minimum Gasteiger partial charge on any atom is -0.394 e. The highest BCUT2D eigenvalue weighted by Gasteiger charge is 2.40. The molecule has 0 unspecified atom stereocenters. The Morgan fingerprint density at radius 3 is 2.50 bits per heavy atom. The quantitative estimate of drug-likeness (QED) is 0.378. The summed E-state index contributed by atoms with van der Waals surface area (Å²) < 4.78 is 10.8. The van der Waals surface area contributed by atoms with Crippen LogP contribution in [0.5, 0.6) is 0 Å². The van der Waals surface area contributed by atoms with Gasteiger partial charge in [0.2, 0.25) is 0 Å². The van der Waals surface area contributed by atoms with Crippen LogP contribution in [0.4, 0.5) is 0 Å². The van der Waals surface area contributed by atoms with Gasteiger partial charge < -0.3 is 24.8 Å². The van der Waals surface area contributed by atoms with E-state index in [1.807, 2.05) is 0 Å². The number of rotatable bonds is 12. The van der Waals surface area contributed by atoms with Crippen LogP contribution in [0.1, 0.15) is 51.9 Å². The molecule has 1 aliphatic heterocycles. The second-order valence-corrected chi connectivity index (χ2v) is 5.91. The maximum atomic E-state index is 9.74. The Balaban J connectivity index is 2.07. The van der Waals surface area contributed by atoms with Gasteiger partial charge in [-0.3, -0.25) is 0 Å². The van der Waals surface area contributed by atoms with Crippen molar-refractivity contribution in [3.8, 4) is 0 Å². The first kappa shape index (κ1) is 19.6. The molecule has 1 saturated heterocycles. The van der Waals surface area contributed by atoms with E-state index in [4.69, 9.17) is 9.47 Å². The molecule has 5 nitrogen and oxygen atoms in total. The number of aliphatic hydroxyl groups excluding tert-OH is 3. The summed E-state index contributed by atoms with van der Waals surface area (Å²) in [6.45, 7) is 2.55. The van der Waals surface area contributed by atoms with Crippen LogP contribution < -0.4 is 0 Å². The molecule has 1 fully saturated rings. The summed E-state index contributed by atoms with van der Waals surface area (Å²) >= 11 is 0. The van der Waals surface area contributed by atoms with Crippen LogP contribution in [-0.2, 0) is 9.47 Å². The fraction of sp³-hybridized carbons (Fsp3) is 0.882. The molecule has 0 aromatic carbocycles. The zero-order valence-corrected chi connectivity index (χ0v) is 13.7. The van der Waals surface area contributed by atoms with Gasteiger partial charge in [-0.05, 0) is 19.3 Å². The lowest BCUT2D eigenvalue weighted by atomic mass is 10.1. The van der Waals surface area contributed by atoms with Crippen LogP contribution in [-0.4, -0.2) is 59.6 Å². The van der Waals surface area contributed by atoms with E-state index in [-0.39, 0.29) is 13.2 Å². The maximum absolute atomic E-state index is 9.74. The summed E-state index contributed by atoms with van der Waals surface area (Å²) in [6, 6.07) is 0. The Bertz CT molecular complexity index is 295. The third-order valence-electron chi connectivity index (χ3n) is 3.99. The van der Waals surface area contributed by atoms with Crippen LogP contribution >= 0.6 is 0 Å². The third-order valence-corrected chi connectivity index (χ3v) is 3.99. The fourth-order valence-corrected chi connectivity index (χ4v) is 2.59. The summed E-state index contributed by atoms with van der Waals surface area (Å²) in [6.07, 6.45) is 9.46. The van der Waals surface area contributed by atoms with E-state index in [0.717, 1.165) is 12.8 Å². The Morgan fingerprint density at radius 1 is 1.14 bits per heavy atom. The molecule has 1 heterocycles. The minimum atomic E-state index is -0.990. The highest BCUT2D eigenvalue weighted by Crippen LogP contribution is 2.19. The molecular formula is C17H32O5. The number of unbranched alkanes of at least 4 members (excludes halogenated alkanes) is 5. The van der Waals surface area contributed by atoms with Crippen molar-refractivity contribution < 1.29 is 24.8 Å². The van der Waals surface area contributed by atoms with Gasteiger partial charge in [0.05, 0.1) is 19.8 Å². The Kier molecular flexibility index (Phi) is 10.7. The summed E-state index contributed by atoms with van der Waals surface area (Å²) in [4.78, 5) is 0. The maximum Gasteiger partial charge on any atom is 0.114 e. The molecule has 0 radical (unpaired) electrons. The van der Waals surface area contributed by atoms with Crippen LogP contribution in [0, 0.1) is 0 Å². The van der Waals surface area contributed by atoms with Crippen molar-refractivity contribution in [2.75, 3.05) is 19.8 Å². The predicted molar refractivity (Wildman–Crippen MR) is 85.7 cm³/mol. The minimum absolute atomic E-state index is 0.0869. The van der Waals surface area contributed by atoms with Crippen LogP contribution in [0.15, 0.2) is 12.2 Å². The van der Waals surface area contributed by atoms with E-state index >= 15 is 0 Å². The molecule has 0 aromatic rings. The molecule has 4 atom stereocenters. The van der Waals surface area contributed by atoms with Crippen molar-refractivity contribution in [1.29, 1.82) is 0 Å². The molecule has 0 saturated carbocycles.